The molecule has 0 atom stereocenters. The molecule has 2 rings (SSSR count). The van der Waals surface area contributed by atoms with Gasteiger partial charge >= 0.3 is 0 Å². The van der Waals surface area contributed by atoms with E-state index in [1.807, 2.05) is 20.8 Å². The summed E-state index contributed by atoms with van der Waals surface area (Å²) in [6.07, 6.45) is 5.46. The Bertz CT molecular complexity index is 670. The largest absolute Gasteiger partial charge is 0.496 e. The standard InChI is InChI=1S/C19H22O.C3H8.C2H6.H2O/c1-6-7-16-12-19(20-5)15(4)11-18(16)17-10-13(2)8-9-14(17)3;1-3-2;1-2;/h6-12H,1-5H3;3H2,1-2H3;1-2H3;1H2/b7-6+;;;. The first-order valence-corrected chi connectivity index (χ1v) is 9.37. The third kappa shape index (κ3) is 7.45. The third-order valence-corrected chi connectivity index (χ3v) is 3.60. The van der Waals surface area contributed by atoms with Crippen LogP contribution in [0.1, 0.15) is 63.3 Å². The molecule has 0 radical (unpaired) electrons. The van der Waals surface area contributed by atoms with Gasteiger partial charge in [-0.3, -0.25) is 0 Å². The Morgan fingerprint density at radius 3 is 1.96 bits per heavy atom. The van der Waals surface area contributed by atoms with Crippen molar-refractivity contribution in [2.24, 2.45) is 0 Å². The number of ether oxygens (including phenoxy) is 1. The monoisotopic (exact) mass is 358 g/mol. The summed E-state index contributed by atoms with van der Waals surface area (Å²) in [5.74, 6) is 0.937. The number of methoxy groups -OCH3 is 1. The molecule has 0 spiro atoms. The van der Waals surface area contributed by atoms with Crippen LogP contribution in [0.5, 0.6) is 5.75 Å². The molecule has 0 amide bonds. The van der Waals surface area contributed by atoms with E-state index in [9.17, 15) is 0 Å². The molecule has 2 aromatic rings. The molecule has 0 heterocycles. The molecular weight excluding hydrogens is 320 g/mol. The van der Waals surface area contributed by atoms with Crippen LogP contribution in [-0.4, -0.2) is 12.6 Å². The van der Waals surface area contributed by atoms with Crippen molar-refractivity contribution in [2.75, 3.05) is 7.11 Å². The summed E-state index contributed by atoms with van der Waals surface area (Å²) in [7, 11) is 1.72. The highest BCUT2D eigenvalue weighted by Crippen LogP contribution is 2.33. The maximum absolute atomic E-state index is 5.44. The maximum Gasteiger partial charge on any atom is 0.122 e. The first-order valence-electron chi connectivity index (χ1n) is 9.37. The van der Waals surface area contributed by atoms with Crippen LogP contribution in [0.4, 0.5) is 0 Å². The minimum Gasteiger partial charge on any atom is -0.496 e. The molecule has 0 saturated heterocycles. The molecule has 146 valence electrons. The summed E-state index contributed by atoms with van der Waals surface area (Å²) in [6.45, 7) is 16.7. The second-order valence-corrected chi connectivity index (χ2v) is 5.93. The zero-order valence-corrected chi connectivity index (χ0v) is 18.2. The average Bonchev–Trinajstić information content (AvgIpc) is 2.61. The van der Waals surface area contributed by atoms with E-state index in [4.69, 9.17) is 4.74 Å². The Hall–Kier alpha value is -2.06. The van der Waals surface area contributed by atoms with Gasteiger partial charge in [0.05, 0.1) is 7.11 Å². The first-order chi connectivity index (χ1) is 12.0. The Morgan fingerprint density at radius 1 is 0.885 bits per heavy atom. The SMILES string of the molecule is C/C=C/c1cc(OC)c(C)cc1-c1cc(C)ccc1C.CC.CCC.O. The minimum absolute atomic E-state index is 0. The number of benzene rings is 2. The molecule has 0 saturated carbocycles. The molecule has 2 heteroatoms. The van der Waals surface area contributed by atoms with Gasteiger partial charge in [-0.1, -0.05) is 70.0 Å². The molecule has 2 aromatic carbocycles. The van der Waals surface area contributed by atoms with E-state index >= 15 is 0 Å². The van der Waals surface area contributed by atoms with E-state index in [2.05, 4.69) is 77.1 Å². The van der Waals surface area contributed by atoms with E-state index < -0.39 is 0 Å². The predicted molar refractivity (Wildman–Crippen MR) is 118 cm³/mol. The van der Waals surface area contributed by atoms with Gasteiger partial charge in [-0.15, -0.1) is 0 Å². The smallest absolute Gasteiger partial charge is 0.122 e. The van der Waals surface area contributed by atoms with E-state index in [1.165, 1.54) is 34.2 Å². The predicted octanol–water partition coefficient (Wildman–Crippen LogP) is 6.94. The summed E-state index contributed by atoms with van der Waals surface area (Å²) >= 11 is 0. The van der Waals surface area contributed by atoms with Gasteiger partial charge in [-0.25, -0.2) is 0 Å². The molecule has 26 heavy (non-hydrogen) atoms. The van der Waals surface area contributed by atoms with E-state index in [-0.39, 0.29) is 5.48 Å². The Balaban J connectivity index is 0. The average molecular weight is 359 g/mol. The number of aryl methyl sites for hydroxylation is 3. The number of hydrogen-bond acceptors (Lipinski definition) is 1. The minimum atomic E-state index is 0. The van der Waals surface area contributed by atoms with Gasteiger partial charge < -0.3 is 10.2 Å². The van der Waals surface area contributed by atoms with Crippen molar-refractivity contribution in [2.45, 2.75) is 61.8 Å². The van der Waals surface area contributed by atoms with Crippen molar-refractivity contribution in [3.8, 4) is 16.9 Å². The van der Waals surface area contributed by atoms with E-state index in [0.717, 1.165) is 11.3 Å². The van der Waals surface area contributed by atoms with Crippen LogP contribution in [0.3, 0.4) is 0 Å². The molecule has 0 aromatic heterocycles. The van der Waals surface area contributed by atoms with Gasteiger partial charge in [0.15, 0.2) is 0 Å². The highest BCUT2D eigenvalue weighted by Gasteiger charge is 2.10. The van der Waals surface area contributed by atoms with Gasteiger partial charge in [0.2, 0.25) is 0 Å². The Kier molecular flexibility index (Phi) is 14.2. The lowest BCUT2D eigenvalue weighted by Crippen LogP contribution is -1.93. The van der Waals surface area contributed by atoms with Crippen LogP contribution in [-0.2, 0) is 0 Å². The Morgan fingerprint density at radius 2 is 1.46 bits per heavy atom. The summed E-state index contributed by atoms with van der Waals surface area (Å²) in [6, 6.07) is 10.9. The van der Waals surface area contributed by atoms with Crippen LogP contribution >= 0.6 is 0 Å². The molecule has 2 N–H and O–H groups in total. The molecule has 2 nitrogen and oxygen atoms in total. The fourth-order valence-corrected chi connectivity index (χ4v) is 2.50. The van der Waals surface area contributed by atoms with Crippen molar-refractivity contribution in [1.29, 1.82) is 0 Å². The normalized spacial score (nSPS) is 9.42. The van der Waals surface area contributed by atoms with Crippen LogP contribution in [0.15, 0.2) is 36.4 Å². The van der Waals surface area contributed by atoms with Gasteiger partial charge in [0, 0.05) is 0 Å². The summed E-state index contributed by atoms with van der Waals surface area (Å²) in [4.78, 5) is 0. The van der Waals surface area contributed by atoms with Crippen molar-refractivity contribution in [1.82, 2.24) is 0 Å². The second kappa shape index (κ2) is 14.1. The van der Waals surface area contributed by atoms with Crippen molar-refractivity contribution in [3.63, 3.8) is 0 Å². The molecule has 0 aliphatic heterocycles. The molecule has 0 fully saturated rings. The Labute approximate surface area is 161 Å². The zero-order valence-electron chi connectivity index (χ0n) is 18.2. The summed E-state index contributed by atoms with van der Waals surface area (Å²) in [5, 5.41) is 0. The van der Waals surface area contributed by atoms with E-state index in [0.29, 0.717) is 0 Å². The summed E-state index contributed by atoms with van der Waals surface area (Å²) in [5.41, 5.74) is 7.50. The second-order valence-electron chi connectivity index (χ2n) is 5.93. The van der Waals surface area contributed by atoms with Crippen LogP contribution in [0.25, 0.3) is 17.2 Å². The van der Waals surface area contributed by atoms with Crippen LogP contribution in [0, 0.1) is 20.8 Å². The van der Waals surface area contributed by atoms with Crippen LogP contribution < -0.4 is 4.74 Å². The van der Waals surface area contributed by atoms with Gasteiger partial charge in [-0.2, -0.15) is 0 Å². The first kappa shape index (κ1) is 26.2. The lowest BCUT2D eigenvalue weighted by Gasteiger charge is -2.14. The van der Waals surface area contributed by atoms with Crippen molar-refractivity contribution >= 4 is 6.08 Å². The number of allylic oxidation sites excluding steroid dienone is 1. The van der Waals surface area contributed by atoms with Crippen molar-refractivity contribution in [3.05, 3.63) is 58.7 Å². The lowest BCUT2D eigenvalue weighted by molar-refractivity contribution is 0.411. The maximum atomic E-state index is 5.44. The van der Waals surface area contributed by atoms with Crippen molar-refractivity contribution < 1.29 is 10.2 Å². The topological polar surface area (TPSA) is 40.7 Å². The van der Waals surface area contributed by atoms with Gasteiger partial charge in [0.25, 0.3) is 0 Å². The quantitative estimate of drug-likeness (QED) is 0.586. The molecule has 0 bridgehead atoms. The highest BCUT2D eigenvalue weighted by molar-refractivity contribution is 5.79. The number of rotatable bonds is 3. The molecule has 0 aliphatic rings. The number of hydrogen-bond donors (Lipinski definition) is 0. The lowest BCUT2D eigenvalue weighted by atomic mass is 9.92. The van der Waals surface area contributed by atoms with Gasteiger partial charge in [0.1, 0.15) is 5.75 Å². The van der Waals surface area contributed by atoms with Crippen LogP contribution in [0.2, 0.25) is 0 Å². The zero-order chi connectivity index (χ0) is 19.4. The molecular formula is C24H38O2. The fraction of sp³-hybridized carbons (Fsp3) is 0.417. The molecule has 0 aliphatic carbocycles. The van der Waals surface area contributed by atoms with Gasteiger partial charge in [-0.05, 0) is 67.6 Å². The molecule has 0 unspecified atom stereocenters. The summed E-state index contributed by atoms with van der Waals surface area (Å²) < 4.78 is 5.44. The highest BCUT2D eigenvalue weighted by atomic mass is 16.5. The third-order valence-electron chi connectivity index (χ3n) is 3.60. The fourth-order valence-electron chi connectivity index (χ4n) is 2.50. The van der Waals surface area contributed by atoms with E-state index in [1.54, 1.807) is 7.11 Å².